The lowest BCUT2D eigenvalue weighted by atomic mass is 10.2. The average Bonchev–Trinajstić information content (AvgIpc) is 2.55. The molecule has 0 bridgehead atoms. The number of fused-ring (bicyclic) bond motifs is 1. The molecule has 1 aromatic carbocycles. The molecule has 0 atom stereocenters. The fourth-order valence-electron chi connectivity index (χ4n) is 1.34. The van der Waals surface area contributed by atoms with Gasteiger partial charge >= 0.3 is 6.30 Å². The van der Waals surface area contributed by atoms with Crippen molar-refractivity contribution >= 4 is 10.9 Å². The van der Waals surface area contributed by atoms with E-state index in [1.54, 1.807) is 12.1 Å². The largest absolute Gasteiger partial charge is 0.505 e. The van der Waals surface area contributed by atoms with Gasteiger partial charge in [-0.05, 0) is 12.1 Å². The van der Waals surface area contributed by atoms with Crippen LogP contribution in [0.3, 0.4) is 0 Å². The average molecular weight is 211 g/mol. The Kier molecular flexibility index (Phi) is 1.89. The lowest BCUT2D eigenvalue weighted by Gasteiger charge is -2.06. The summed E-state index contributed by atoms with van der Waals surface area (Å²) in [6.45, 7) is 0. The van der Waals surface area contributed by atoms with E-state index >= 15 is 0 Å². The number of aromatic nitrogens is 2. The Bertz CT molecular complexity index is 548. The third-order valence-electron chi connectivity index (χ3n) is 1.93. The molecule has 3 nitrogen and oxygen atoms in total. The molecule has 15 heavy (non-hydrogen) atoms. The number of hydrogen-bond acceptors (Lipinski definition) is 2. The van der Waals surface area contributed by atoms with Crippen molar-refractivity contribution in [3.8, 4) is 6.07 Å². The number of hydrogen-bond donors (Lipinski definition) is 0. The van der Waals surface area contributed by atoms with Crippen LogP contribution >= 0.6 is 0 Å². The Hall–Kier alpha value is -2.03. The molecule has 6 heteroatoms. The van der Waals surface area contributed by atoms with Gasteiger partial charge in [0.25, 0.3) is 0 Å². The predicted octanol–water partition coefficient (Wildman–Crippen LogP) is 2.38. The van der Waals surface area contributed by atoms with E-state index in [0.717, 1.165) is 0 Å². The van der Waals surface area contributed by atoms with Crippen LogP contribution in [0, 0.1) is 11.3 Å². The van der Waals surface area contributed by atoms with Gasteiger partial charge in [-0.3, -0.25) is 0 Å². The first-order chi connectivity index (χ1) is 7.04. The Balaban J connectivity index is 2.84. The van der Waals surface area contributed by atoms with Gasteiger partial charge in [-0.1, -0.05) is 12.1 Å². The van der Waals surface area contributed by atoms with Crippen LogP contribution in [0.2, 0.25) is 0 Å². The molecule has 0 aliphatic rings. The molecule has 0 saturated heterocycles. The van der Waals surface area contributed by atoms with Crippen LogP contribution in [0.15, 0.2) is 24.3 Å². The summed E-state index contributed by atoms with van der Waals surface area (Å²) in [5.41, 5.74) is -0.329. The van der Waals surface area contributed by atoms with Gasteiger partial charge in [0.1, 0.15) is 6.07 Å². The second-order valence-electron chi connectivity index (χ2n) is 2.86. The molecule has 0 fully saturated rings. The summed E-state index contributed by atoms with van der Waals surface area (Å²) in [7, 11) is 0. The third-order valence-corrected chi connectivity index (χ3v) is 1.93. The van der Waals surface area contributed by atoms with Crippen molar-refractivity contribution in [3.05, 3.63) is 30.0 Å². The molecular weight excluding hydrogens is 207 g/mol. The normalized spacial score (nSPS) is 11.6. The highest BCUT2D eigenvalue weighted by molar-refractivity contribution is 5.84. The van der Waals surface area contributed by atoms with E-state index in [2.05, 4.69) is 5.10 Å². The van der Waals surface area contributed by atoms with Crippen LogP contribution < -0.4 is 0 Å². The first kappa shape index (κ1) is 9.52. The molecule has 0 N–H and O–H groups in total. The van der Waals surface area contributed by atoms with Crippen LogP contribution in [-0.2, 0) is 6.30 Å². The highest BCUT2D eigenvalue weighted by Crippen LogP contribution is 2.28. The SMILES string of the molecule is N#Cc1nn(C(F)(F)F)c2ccccc12. The number of benzene rings is 1. The van der Waals surface area contributed by atoms with Crippen molar-refractivity contribution in [1.82, 2.24) is 9.78 Å². The smallest absolute Gasteiger partial charge is 0.191 e. The van der Waals surface area contributed by atoms with Gasteiger partial charge in [-0.15, -0.1) is 13.2 Å². The first-order valence-electron chi connectivity index (χ1n) is 3.99. The lowest BCUT2D eigenvalue weighted by molar-refractivity contribution is -0.209. The number of nitrogens with zero attached hydrogens (tertiary/aromatic N) is 3. The first-order valence-corrected chi connectivity index (χ1v) is 3.99. The Morgan fingerprint density at radius 1 is 1.27 bits per heavy atom. The van der Waals surface area contributed by atoms with Crippen molar-refractivity contribution in [2.24, 2.45) is 0 Å². The summed E-state index contributed by atoms with van der Waals surface area (Å²) in [6.07, 6.45) is -4.60. The molecular formula is C9H4F3N3. The number of rotatable bonds is 0. The molecule has 0 radical (unpaired) electrons. The van der Waals surface area contributed by atoms with E-state index in [1.165, 1.54) is 18.2 Å². The summed E-state index contributed by atoms with van der Waals surface area (Å²) in [4.78, 5) is 0. The molecule has 0 aliphatic heterocycles. The van der Waals surface area contributed by atoms with Gasteiger partial charge in [0.05, 0.1) is 5.52 Å². The summed E-state index contributed by atoms with van der Waals surface area (Å²) < 4.78 is 37.3. The summed E-state index contributed by atoms with van der Waals surface area (Å²) >= 11 is 0. The Labute approximate surface area is 82.3 Å². The fraction of sp³-hybridized carbons (Fsp3) is 0.111. The highest BCUT2D eigenvalue weighted by atomic mass is 19.4. The van der Waals surface area contributed by atoms with Crippen molar-refractivity contribution in [1.29, 1.82) is 5.26 Å². The molecule has 0 unspecified atom stereocenters. The predicted molar refractivity (Wildman–Crippen MR) is 45.7 cm³/mol. The molecule has 2 rings (SSSR count). The maximum Gasteiger partial charge on any atom is 0.505 e. The molecule has 0 saturated carbocycles. The monoisotopic (exact) mass is 211 g/mol. The van der Waals surface area contributed by atoms with Gasteiger partial charge in [0.2, 0.25) is 0 Å². The van der Waals surface area contributed by atoms with Crippen molar-refractivity contribution in [2.45, 2.75) is 6.30 Å². The van der Waals surface area contributed by atoms with E-state index in [0.29, 0.717) is 0 Å². The van der Waals surface area contributed by atoms with Crippen molar-refractivity contribution < 1.29 is 13.2 Å². The Morgan fingerprint density at radius 2 is 1.93 bits per heavy atom. The van der Waals surface area contributed by atoms with Crippen molar-refractivity contribution in [3.63, 3.8) is 0 Å². The number of halogens is 3. The second-order valence-corrected chi connectivity index (χ2v) is 2.86. The lowest BCUT2D eigenvalue weighted by Crippen LogP contribution is -2.18. The van der Waals surface area contributed by atoms with E-state index in [1.807, 2.05) is 0 Å². The van der Waals surface area contributed by atoms with Crippen LogP contribution in [0.5, 0.6) is 0 Å². The molecule has 0 aliphatic carbocycles. The molecule has 2 aromatic rings. The van der Waals surface area contributed by atoms with Crippen molar-refractivity contribution in [2.75, 3.05) is 0 Å². The minimum atomic E-state index is -4.60. The molecule has 0 amide bonds. The van der Waals surface area contributed by atoms with E-state index in [4.69, 9.17) is 5.26 Å². The zero-order valence-corrected chi connectivity index (χ0v) is 7.28. The summed E-state index contributed by atoms with van der Waals surface area (Å²) in [6, 6.07) is 7.37. The van der Waals surface area contributed by atoms with Crippen LogP contribution in [0.1, 0.15) is 5.69 Å². The molecule has 1 heterocycles. The maximum atomic E-state index is 12.5. The summed E-state index contributed by atoms with van der Waals surface area (Å²) in [5, 5.41) is 12.0. The Morgan fingerprint density at radius 3 is 2.53 bits per heavy atom. The standard InChI is InChI=1S/C9H4F3N3/c10-9(11,12)15-8-4-2-1-3-6(8)7(5-13)14-15/h1-4H. The van der Waals surface area contributed by atoms with Gasteiger partial charge in [-0.25, -0.2) is 0 Å². The van der Waals surface area contributed by atoms with Crippen LogP contribution in [0.25, 0.3) is 10.9 Å². The topological polar surface area (TPSA) is 41.6 Å². The molecule has 0 spiro atoms. The highest BCUT2D eigenvalue weighted by Gasteiger charge is 2.34. The van der Waals surface area contributed by atoms with E-state index in [-0.39, 0.29) is 21.3 Å². The summed E-state index contributed by atoms with van der Waals surface area (Å²) in [5.74, 6) is 0. The number of nitriles is 1. The van der Waals surface area contributed by atoms with Gasteiger partial charge in [0, 0.05) is 5.39 Å². The van der Waals surface area contributed by atoms with E-state index in [9.17, 15) is 13.2 Å². The fourth-order valence-corrected chi connectivity index (χ4v) is 1.34. The van der Waals surface area contributed by atoms with Gasteiger partial charge in [0.15, 0.2) is 5.69 Å². The maximum absolute atomic E-state index is 12.5. The third kappa shape index (κ3) is 1.42. The second kappa shape index (κ2) is 2.98. The van der Waals surface area contributed by atoms with Crippen LogP contribution in [-0.4, -0.2) is 9.78 Å². The van der Waals surface area contributed by atoms with Gasteiger partial charge < -0.3 is 0 Å². The minimum Gasteiger partial charge on any atom is -0.191 e. The zero-order valence-electron chi connectivity index (χ0n) is 7.28. The van der Waals surface area contributed by atoms with Gasteiger partial charge in [-0.2, -0.15) is 15.0 Å². The molecule has 76 valence electrons. The van der Waals surface area contributed by atoms with E-state index < -0.39 is 6.30 Å². The quantitative estimate of drug-likeness (QED) is 0.671. The number of alkyl halides is 3. The number of para-hydroxylation sites is 1. The molecule has 1 aromatic heterocycles. The minimum absolute atomic E-state index is 0.0963. The zero-order chi connectivity index (χ0) is 11.1. The van der Waals surface area contributed by atoms with Crippen LogP contribution in [0.4, 0.5) is 13.2 Å².